The number of aromatic amines is 1. The van der Waals surface area contributed by atoms with Gasteiger partial charge in [0, 0.05) is 0 Å². The van der Waals surface area contributed by atoms with Crippen molar-refractivity contribution in [3.63, 3.8) is 0 Å². The fourth-order valence-corrected chi connectivity index (χ4v) is 1.11. The molecule has 0 aliphatic rings. The number of hydrogen-bond acceptors (Lipinski definition) is 4. The second-order valence-electron chi connectivity index (χ2n) is 3.01. The lowest BCUT2D eigenvalue weighted by molar-refractivity contribution is -0.393. The third-order valence-electron chi connectivity index (χ3n) is 1.72. The normalized spacial score (nSPS) is 12.3. The molecule has 1 aromatic heterocycles. The van der Waals surface area contributed by atoms with Crippen molar-refractivity contribution < 1.29 is 36.0 Å². The third kappa shape index (κ3) is 3.35. The Morgan fingerprint density at radius 1 is 1.21 bits per heavy atom. The van der Waals surface area contributed by atoms with Crippen LogP contribution < -0.4 is 10.2 Å². The van der Waals surface area contributed by atoms with E-state index in [9.17, 15) is 41.3 Å². The van der Waals surface area contributed by atoms with Crippen LogP contribution in [0.5, 0.6) is 5.75 Å². The standard InChI is InChI=1S/C7H2F6N2O4/c8-6(9,10)3-4(16)2(19-7(11,12)13)1-14-5(3)15(17)18/h1H,(H,14,16). The van der Waals surface area contributed by atoms with Crippen molar-refractivity contribution in [2.45, 2.75) is 12.5 Å². The van der Waals surface area contributed by atoms with E-state index in [1.54, 1.807) is 0 Å². The highest BCUT2D eigenvalue weighted by molar-refractivity contribution is 5.40. The molecule has 1 heterocycles. The number of nitro groups is 1. The second-order valence-corrected chi connectivity index (χ2v) is 3.01. The van der Waals surface area contributed by atoms with Crippen molar-refractivity contribution in [3.05, 3.63) is 32.1 Å². The number of H-pyrrole nitrogens is 1. The highest BCUT2D eigenvalue weighted by atomic mass is 19.4. The van der Waals surface area contributed by atoms with Gasteiger partial charge in [0.25, 0.3) is 0 Å². The van der Waals surface area contributed by atoms with Gasteiger partial charge < -0.3 is 14.9 Å². The molecule has 1 rings (SSSR count). The summed E-state index contributed by atoms with van der Waals surface area (Å²) in [6.45, 7) is 0. The first-order valence-corrected chi connectivity index (χ1v) is 4.16. The Balaban J connectivity index is 3.52. The first-order chi connectivity index (χ1) is 8.43. The van der Waals surface area contributed by atoms with Crippen LogP contribution in [0.2, 0.25) is 0 Å². The van der Waals surface area contributed by atoms with E-state index in [0.717, 1.165) is 0 Å². The highest BCUT2D eigenvalue weighted by Crippen LogP contribution is 2.33. The maximum atomic E-state index is 12.4. The summed E-state index contributed by atoms with van der Waals surface area (Å²) in [4.78, 5) is 21.2. The summed E-state index contributed by atoms with van der Waals surface area (Å²) in [5.41, 5.74) is -4.66. The number of nitrogens with one attached hydrogen (secondary N) is 1. The number of halogens is 6. The van der Waals surface area contributed by atoms with Crippen LogP contribution in [-0.4, -0.2) is 16.3 Å². The molecule has 19 heavy (non-hydrogen) atoms. The summed E-state index contributed by atoms with van der Waals surface area (Å²) in [7, 11) is 0. The molecule has 0 aliphatic carbocycles. The molecule has 0 unspecified atom stereocenters. The van der Waals surface area contributed by atoms with Crippen LogP contribution in [0.15, 0.2) is 11.0 Å². The van der Waals surface area contributed by atoms with Crippen LogP contribution in [0.4, 0.5) is 32.2 Å². The fraction of sp³-hybridized carbons (Fsp3) is 0.286. The van der Waals surface area contributed by atoms with Crippen molar-refractivity contribution in [3.8, 4) is 5.75 Å². The Morgan fingerprint density at radius 2 is 1.74 bits per heavy atom. The van der Waals surface area contributed by atoms with E-state index < -0.39 is 40.0 Å². The van der Waals surface area contributed by atoms with Crippen molar-refractivity contribution in [1.29, 1.82) is 0 Å². The Kier molecular flexibility index (Phi) is 3.45. The summed E-state index contributed by atoms with van der Waals surface area (Å²) >= 11 is 0. The number of nitrogens with zero attached hydrogens (tertiary/aromatic N) is 1. The number of ether oxygens (including phenoxy) is 1. The number of aromatic nitrogens is 1. The zero-order valence-corrected chi connectivity index (χ0v) is 8.43. The lowest BCUT2D eigenvalue weighted by Gasteiger charge is -2.10. The monoisotopic (exact) mass is 292 g/mol. The van der Waals surface area contributed by atoms with Gasteiger partial charge in [-0.2, -0.15) is 13.2 Å². The predicted molar refractivity (Wildman–Crippen MR) is 45.4 cm³/mol. The molecular weight excluding hydrogens is 290 g/mol. The minimum Gasteiger partial charge on any atom is -0.398 e. The van der Waals surface area contributed by atoms with Gasteiger partial charge in [0.2, 0.25) is 11.2 Å². The molecule has 6 nitrogen and oxygen atoms in total. The second kappa shape index (κ2) is 4.44. The largest absolute Gasteiger partial charge is 0.573 e. The van der Waals surface area contributed by atoms with E-state index in [4.69, 9.17) is 0 Å². The minimum atomic E-state index is -5.51. The van der Waals surface area contributed by atoms with Gasteiger partial charge in [0.15, 0.2) is 5.56 Å². The SMILES string of the molecule is O=c1c(OC(F)(F)F)c[nH]c([N+](=O)[O-])c1C(F)(F)F. The summed E-state index contributed by atoms with van der Waals surface area (Å²) in [6, 6.07) is 0. The maximum absolute atomic E-state index is 12.4. The number of pyridine rings is 1. The fourth-order valence-electron chi connectivity index (χ4n) is 1.11. The molecule has 0 fully saturated rings. The summed E-state index contributed by atoms with van der Waals surface area (Å²) in [5.74, 6) is -3.52. The van der Waals surface area contributed by atoms with Gasteiger partial charge in [-0.15, -0.1) is 13.2 Å². The van der Waals surface area contributed by atoms with E-state index in [1.807, 2.05) is 0 Å². The summed E-state index contributed by atoms with van der Waals surface area (Å²) in [6.07, 6.45) is -10.9. The van der Waals surface area contributed by atoms with Crippen molar-refractivity contribution in [2.75, 3.05) is 0 Å². The number of rotatable bonds is 2. The molecule has 0 bridgehead atoms. The molecule has 0 saturated heterocycles. The van der Waals surface area contributed by atoms with E-state index in [0.29, 0.717) is 0 Å². The Bertz CT molecular complexity index is 560. The Labute approximate surface area is 98.3 Å². The number of alkyl halides is 6. The molecule has 0 amide bonds. The van der Waals surface area contributed by atoms with Crippen molar-refractivity contribution >= 4 is 5.82 Å². The molecule has 0 aromatic carbocycles. The number of hydrogen-bond donors (Lipinski definition) is 1. The average Bonchev–Trinajstić information content (AvgIpc) is 2.16. The van der Waals surface area contributed by atoms with Crippen LogP contribution in [-0.2, 0) is 6.18 Å². The maximum Gasteiger partial charge on any atom is 0.573 e. The third-order valence-corrected chi connectivity index (χ3v) is 1.72. The van der Waals surface area contributed by atoms with Gasteiger partial charge in [-0.3, -0.25) is 4.79 Å². The molecule has 0 aliphatic heterocycles. The Morgan fingerprint density at radius 3 is 2.11 bits per heavy atom. The lowest BCUT2D eigenvalue weighted by atomic mass is 10.2. The molecule has 106 valence electrons. The van der Waals surface area contributed by atoms with Gasteiger partial charge >= 0.3 is 18.4 Å². The smallest absolute Gasteiger partial charge is 0.398 e. The molecule has 1 N–H and O–H groups in total. The van der Waals surface area contributed by atoms with Gasteiger partial charge in [0.1, 0.15) is 6.20 Å². The van der Waals surface area contributed by atoms with Gasteiger partial charge in [-0.05, 0) is 4.92 Å². The quantitative estimate of drug-likeness (QED) is 0.514. The van der Waals surface area contributed by atoms with E-state index in [2.05, 4.69) is 4.74 Å². The topological polar surface area (TPSA) is 85.2 Å². The summed E-state index contributed by atoms with van der Waals surface area (Å²) < 4.78 is 75.8. The Hall–Kier alpha value is -2.27. The van der Waals surface area contributed by atoms with E-state index >= 15 is 0 Å². The first kappa shape index (κ1) is 14.8. The highest BCUT2D eigenvalue weighted by Gasteiger charge is 2.44. The first-order valence-electron chi connectivity index (χ1n) is 4.16. The van der Waals surface area contributed by atoms with Crippen molar-refractivity contribution in [2.24, 2.45) is 0 Å². The molecule has 1 aromatic rings. The minimum absolute atomic E-state index is 0.0309. The molecule has 0 saturated carbocycles. The lowest BCUT2D eigenvalue weighted by Crippen LogP contribution is -2.27. The molecule has 12 heteroatoms. The van der Waals surface area contributed by atoms with Crippen molar-refractivity contribution in [1.82, 2.24) is 4.98 Å². The van der Waals surface area contributed by atoms with Crippen LogP contribution in [0.1, 0.15) is 5.56 Å². The molecular formula is C7H2F6N2O4. The van der Waals surface area contributed by atoms with Crippen LogP contribution in [0, 0.1) is 10.1 Å². The summed E-state index contributed by atoms with van der Waals surface area (Å²) in [5, 5.41) is 10.3. The van der Waals surface area contributed by atoms with Gasteiger partial charge in [0.05, 0.1) is 0 Å². The van der Waals surface area contributed by atoms with Gasteiger partial charge in [-0.1, -0.05) is 0 Å². The van der Waals surface area contributed by atoms with Crippen LogP contribution in [0.3, 0.4) is 0 Å². The van der Waals surface area contributed by atoms with E-state index in [1.165, 1.54) is 4.98 Å². The predicted octanol–water partition coefficient (Wildman–Crippen LogP) is 2.20. The molecule has 0 radical (unpaired) electrons. The molecule has 0 atom stereocenters. The van der Waals surface area contributed by atoms with E-state index in [-0.39, 0.29) is 6.20 Å². The molecule has 0 spiro atoms. The zero-order valence-electron chi connectivity index (χ0n) is 8.43. The van der Waals surface area contributed by atoms with Gasteiger partial charge in [-0.25, -0.2) is 4.98 Å². The average molecular weight is 292 g/mol. The van der Waals surface area contributed by atoms with Crippen LogP contribution >= 0.6 is 0 Å². The van der Waals surface area contributed by atoms with Crippen LogP contribution in [0.25, 0.3) is 0 Å². The zero-order chi connectivity index (χ0) is 15.0.